The van der Waals surface area contributed by atoms with Gasteiger partial charge in [0.1, 0.15) is 5.54 Å². The zero-order chi connectivity index (χ0) is 12.1. The van der Waals surface area contributed by atoms with E-state index in [1.807, 2.05) is 30.3 Å². The molecule has 17 heavy (non-hydrogen) atoms. The van der Waals surface area contributed by atoms with Gasteiger partial charge in [-0.05, 0) is 25.0 Å². The summed E-state index contributed by atoms with van der Waals surface area (Å²) >= 11 is 0. The van der Waals surface area contributed by atoms with Gasteiger partial charge < -0.3 is 10.1 Å². The molecule has 1 saturated carbocycles. The van der Waals surface area contributed by atoms with Crippen LogP contribution in [0.4, 0.5) is 5.69 Å². The Labute approximate surface area is 102 Å². The molecule has 2 rings (SSSR count). The van der Waals surface area contributed by atoms with Gasteiger partial charge in [0.2, 0.25) is 0 Å². The van der Waals surface area contributed by atoms with Gasteiger partial charge in [0.15, 0.2) is 0 Å². The second kappa shape index (κ2) is 5.21. The van der Waals surface area contributed by atoms with Crippen LogP contribution in [0, 0.1) is 0 Å². The summed E-state index contributed by atoms with van der Waals surface area (Å²) in [4.78, 5) is 12.0. The van der Waals surface area contributed by atoms with E-state index in [1.165, 1.54) is 13.5 Å². The molecule has 1 fully saturated rings. The van der Waals surface area contributed by atoms with Crippen molar-refractivity contribution in [3.05, 3.63) is 30.3 Å². The fourth-order valence-electron chi connectivity index (χ4n) is 2.53. The molecule has 1 N–H and O–H groups in total. The highest BCUT2D eigenvalue weighted by molar-refractivity contribution is 5.84. The van der Waals surface area contributed by atoms with Crippen LogP contribution in [-0.4, -0.2) is 18.6 Å². The molecule has 0 atom stereocenters. The fourth-order valence-corrected chi connectivity index (χ4v) is 2.53. The quantitative estimate of drug-likeness (QED) is 0.816. The van der Waals surface area contributed by atoms with Crippen LogP contribution in [0.3, 0.4) is 0 Å². The highest BCUT2D eigenvalue weighted by atomic mass is 16.5. The number of methoxy groups -OCH3 is 1. The van der Waals surface area contributed by atoms with Crippen molar-refractivity contribution in [1.82, 2.24) is 0 Å². The molecule has 1 aromatic rings. The maximum Gasteiger partial charge on any atom is 0.331 e. The topological polar surface area (TPSA) is 38.3 Å². The van der Waals surface area contributed by atoms with Gasteiger partial charge in [0, 0.05) is 5.69 Å². The molecule has 3 nitrogen and oxygen atoms in total. The fraction of sp³-hybridized carbons (Fsp3) is 0.500. The maximum absolute atomic E-state index is 12.0. The SMILES string of the molecule is COC(=O)C1(Nc2ccccc2)CCCCC1. The van der Waals surface area contributed by atoms with Gasteiger partial charge >= 0.3 is 5.97 Å². The maximum atomic E-state index is 12.0. The summed E-state index contributed by atoms with van der Waals surface area (Å²) in [6.45, 7) is 0. The zero-order valence-corrected chi connectivity index (χ0v) is 10.2. The molecule has 1 aliphatic rings. The Balaban J connectivity index is 2.19. The van der Waals surface area contributed by atoms with Crippen molar-refractivity contribution in [2.45, 2.75) is 37.6 Å². The van der Waals surface area contributed by atoms with E-state index in [0.29, 0.717) is 0 Å². The number of hydrogen-bond donors (Lipinski definition) is 1. The predicted molar refractivity (Wildman–Crippen MR) is 67.9 cm³/mol. The van der Waals surface area contributed by atoms with Gasteiger partial charge in [-0.1, -0.05) is 37.5 Å². The van der Waals surface area contributed by atoms with Crippen LogP contribution in [0.15, 0.2) is 30.3 Å². The number of nitrogens with one attached hydrogen (secondary N) is 1. The van der Waals surface area contributed by atoms with E-state index in [-0.39, 0.29) is 5.97 Å². The van der Waals surface area contributed by atoms with Gasteiger partial charge in [0.05, 0.1) is 7.11 Å². The number of hydrogen-bond acceptors (Lipinski definition) is 3. The summed E-state index contributed by atoms with van der Waals surface area (Å²) < 4.78 is 4.96. The first-order valence-electron chi connectivity index (χ1n) is 6.18. The molecule has 0 radical (unpaired) electrons. The number of para-hydroxylation sites is 1. The normalized spacial score (nSPS) is 18.4. The standard InChI is InChI=1S/C14H19NO2/c1-17-13(16)14(10-6-3-7-11-14)15-12-8-4-2-5-9-12/h2,4-5,8-9,15H,3,6-7,10-11H2,1H3. The van der Waals surface area contributed by atoms with Crippen molar-refractivity contribution in [3.63, 3.8) is 0 Å². The van der Waals surface area contributed by atoms with Crippen LogP contribution < -0.4 is 5.32 Å². The number of anilines is 1. The van der Waals surface area contributed by atoms with Crippen molar-refractivity contribution < 1.29 is 9.53 Å². The molecule has 0 aliphatic heterocycles. The van der Waals surface area contributed by atoms with Crippen LogP contribution in [0.5, 0.6) is 0 Å². The Morgan fingerprint density at radius 3 is 2.41 bits per heavy atom. The van der Waals surface area contributed by atoms with E-state index >= 15 is 0 Å². The lowest BCUT2D eigenvalue weighted by atomic mass is 9.81. The molecule has 0 aromatic heterocycles. The Bertz CT molecular complexity index is 369. The average molecular weight is 233 g/mol. The largest absolute Gasteiger partial charge is 0.467 e. The first kappa shape index (κ1) is 12.0. The molecule has 0 spiro atoms. The molecule has 0 amide bonds. The van der Waals surface area contributed by atoms with Crippen LogP contribution in [0.25, 0.3) is 0 Å². The van der Waals surface area contributed by atoms with Crippen molar-refractivity contribution in [2.75, 3.05) is 12.4 Å². The van der Waals surface area contributed by atoms with Gasteiger partial charge in [-0.25, -0.2) is 4.79 Å². The molecule has 3 heteroatoms. The summed E-state index contributed by atoms with van der Waals surface area (Å²) in [5.74, 6) is -0.138. The third-order valence-electron chi connectivity index (χ3n) is 3.44. The monoisotopic (exact) mass is 233 g/mol. The lowest BCUT2D eigenvalue weighted by molar-refractivity contribution is -0.147. The third-order valence-corrected chi connectivity index (χ3v) is 3.44. The summed E-state index contributed by atoms with van der Waals surface area (Å²) in [6, 6.07) is 9.88. The van der Waals surface area contributed by atoms with Crippen LogP contribution >= 0.6 is 0 Å². The minimum Gasteiger partial charge on any atom is -0.467 e. The minimum absolute atomic E-state index is 0.138. The Morgan fingerprint density at radius 1 is 1.18 bits per heavy atom. The first-order valence-corrected chi connectivity index (χ1v) is 6.18. The number of carbonyl (C=O) groups excluding carboxylic acids is 1. The van der Waals surface area contributed by atoms with E-state index in [9.17, 15) is 4.79 Å². The van der Waals surface area contributed by atoms with E-state index in [0.717, 1.165) is 31.4 Å². The molecule has 0 saturated heterocycles. The summed E-state index contributed by atoms with van der Waals surface area (Å²) in [5.41, 5.74) is 0.466. The molecule has 92 valence electrons. The van der Waals surface area contributed by atoms with Gasteiger partial charge in [-0.15, -0.1) is 0 Å². The highest BCUT2D eigenvalue weighted by Gasteiger charge is 2.40. The highest BCUT2D eigenvalue weighted by Crippen LogP contribution is 2.32. The number of ether oxygens (including phenoxy) is 1. The zero-order valence-electron chi connectivity index (χ0n) is 10.2. The van der Waals surface area contributed by atoms with E-state index < -0.39 is 5.54 Å². The molecule has 0 heterocycles. The molecular formula is C14H19NO2. The molecule has 0 bridgehead atoms. The molecular weight excluding hydrogens is 214 g/mol. The number of carbonyl (C=O) groups is 1. The minimum atomic E-state index is -0.519. The molecule has 1 aliphatic carbocycles. The van der Waals surface area contributed by atoms with Crippen molar-refractivity contribution in [1.29, 1.82) is 0 Å². The Hall–Kier alpha value is -1.51. The summed E-state index contributed by atoms with van der Waals surface area (Å²) in [6.07, 6.45) is 5.07. The van der Waals surface area contributed by atoms with Crippen molar-refractivity contribution in [3.8, 4) is 0 Å². The summed E-state index contributed by atoms with van der Waals surface area (Å²) in [5, 5.41) is 3.37. The van der Waals surface area contributed by atoms with E-state index in [1.54, 1.807) is 0 Å². The Kier molecular flexibility index (Phi) is 3.67. The predicted octanol–water partition coefficient (Wildman–Crippen LogP) is 2.97. The van der Waals surface area contributed by atoms with E-state index in [4.69, 9.17) is 4.74 Å². The lowest BCUT2D eigenvalue weighted by Gasteiger charge is -2.36. The van der Waals surface area contributed by atoms with Gasteiger partial charge in [-0.2, -0.15) is 0 Å². The van der Waals surface area contributed by atoms with Gasteiger partial charge in [-0.3, -0.25) is 0 Å². The van der Waals surface area contributed by atoms with Gasteiger partial charge in [0.25, 0.3) is 0 Å². The van der Waals surface area contributed by atoms with E-state index in [2.05, 4.69) is 5.32 Å². The average Bonchev–Trinajstić information content (AvgIpc) is 2.40. The Morgan fingerprint density at radius 2 is 1.82 bits per heavy atom. The van der Waals surface area contributed by atoms with Crippen LogP contribution in [0.1, 0.15) is 32.1 Å². The third kappa shape index (κ3) is 2.60. The number of esters is 1. The molecule has 0 unspecified atom stereocenters. The second-order valence-electron chi connectivity index (χ2n) is 4.63. The smallest absolute Gasteiger partial charge is 0.331 e. The number of rotatable bonds is 3. The lowest BCUT2D eigenvalue weighted by Crippen LogP contribution is -2.48. The number of benzene rings is 1. The van der Waals surface area contributed by atoms with Crippen LogP contribution in [0.2, 0.25) is 0 Å². The first-order chi connectivity index (χ1) is 8.27. The second-order valence-corrected chi connectivity index (χ2v) is 4.63. The van der Waals surface area contributed by atoms with Crippen LogP contribution in [-0.2, 0) is 9.53 Å². The summed E-state index contributed by atoms with van der Waals surface area (Å²) in [7, 11) is 1.46. The van der Waals surface area contributed by atoms with Crippen molar-refractivity contribution in [2.24, 2.45) is 0 Å². The van der Waals surface area contributed by atoms with Crippen molar-refractivity contribution >= 4 is 11.7 Å². The molecule has 1 aromatic carbocycles.